The quantitative estimate of drug-likeness (QED) is 0.484. The largest absolute Gasteiger partial charge is 0.399 e. The van der Waals surface area contributed by atoms with E-state index in [0.717, 1.165) is 19.7 Å². The van der Waals surface area contributed by atoms with Crippen molar-refractivity contribution >= 4 is 42.7 Å². The molecule has 4 aromatic rings. The second-order valence-corrected chi connectivity index (χ2v) is 8.84. The minimum atomic E-state index is -3.90. The molecule has 0 amide bonds. The van der Waals surface area contributed by atoms with E-state index in [9.17, 15) is 8.42 Å². The molecule has 0 aliphatic heterocycles. The molecule has 27 heavy (non-hydrogen) atoms. The number of nitrogen functional groups attached to an aromatic ring is 1. The zero-order valence-electron chi connectivity index (χ0n) is 14.3. The second-order valence-electron chi connectivity index (χ2n) is 6.16. The Hall–Kier alpha value is -2.71. The molecule has 0 atom stereocenters. The number of fused-ring (bicyclic) bond motifs is 1. The SMILES string of the molecule is Cc1ccc(S(=O)(=O)n2nc(-c3cccc(N)c3)c3cc(Br)cnc32)cc1. The Kier molecular flexibility index (Phi) is 4.24. The Bertz CT molecular complexity index is 1260. The first-order valence-corrected chi connectivity index (χ1v) is 10.3. The van der Waals surface area contributed by atoms with Crippen LogP contribution in [0.25, 0.3) is 22.3 Å². The molecule has 8 heteroatoms. The number of hydrogen-bond acceptors (Lipinski definition) is 5. The van der Waals surface area contributed by atoms with Crippen LogP contribution in [0.2, 0.25) is 0 Å². The third kappa shape index (κ3) is 3.11. The molecule has 0 spiro atoms. The number of nitrogens with two attached hydrogens (primary N) is 1. The number of nitrogens with zero attached hydrogens (tertiary/aromatic N) is 3. The number of aryl methyl sites for hydroxylation is 1. The minimum Gasteiger partial charge on any atom is -0.399 e. The Balaban J connectivity index is 2.01. The predicted molar refractivity (Wildman–Crippen MR) is 109 cm³/mol. The van der Waals surface area contributed by atoms with Gasteiger partial charge in [0.05, 0.1) is 4.90 Å². The topological polar surface area (TPSA) is 90.9 Å². The average Bonchev–Trinajstić information content (AvgIpc) is 3.01. The van der Waals surface area contributed by atoms with E-state index in [0.29, 0.717) is 16.8 Å². The zero-order valence-corrected chi connectivity index (χ0v) is 16.7. The van der Waals surface area contributed by atoms with E-state index >= 15 is 0 Å². The van der Waals surface area contributed by atoms with E-state index in [4.69, 9.17) is 5.73 Å². The molecule has 0 saturated carbocycles. The van der Waals surface area contributed by atoms with Gasteiger partial charge in [0.2, 0.25) is 0 Å². The van der Waals surface area contributed by atoms with Gasteiger partial charge in [0, 0.05) is 27.3 Å². The van der Waals surface area contributed by atoms with Crippen molar-refractivity contribution in [2.75, 3.05) is 5.73 Å². The number of halogens is 1. The molecule has 0 fully saturated rings. The molecule has 0 aliphatic carbocycles. The van der Waals surface area contributed by atoms with Crippen molar-refractivity contribution in [1.29, 1.82) is 0 Å². The van der Waals surface area contributed by atoms with Crippen LogP contribution in [-0.2, 0) is 10.0 Å². The molecule has 2 heterocycles. The Labute approximate surface area is 164 Å². The van der Waals surface area contributed by atoms with Gasteiger partial charge in [-0.2, -0.15) is 13.5 Å². The molecular weight excluding hydrogens is 428 g/mol. The summed E-state index contributed by atoms with van der Waals surface area (Å²) in [5.41, 5.74) is 8.92. The smallest absolute Gasteiger partial charge is 0.284 e. The van der Waals surface area contributed by atoms with Crippen LogP contribution in [0.3, 0.4) is 0 Å². The van der Waals surface area contributed by atoms with Crippen molar-refractivity contribution in [3.05, 3.63) is 70.8 Å². The molecule has 0 radical (unpaired) electrons. The third-order valence-electron chi connectivity index (χ3n) is 4.17. The van der Waals surface area contributed by atoms with E-state index in [2.05, 4.69) is 26.0 Å². The fourth-order valence-electron chi connectivity index (χ4n) is 2.83. The standard InChI is InChI=1S/C19H15BrN4O2S/c1-12-5-7-16(8-6-12)27(25,26)24-19-17(10-14(20)11-22-19)18(23-24)13-3-2-4-15(21)9-13/h2-11H,21H2,1H3. The fraction of sp³-hybridized carbons (Fsp3) is 0.0526. The Morgan fingerprint density at radius 3 is 2.52 bits per heavy atom. The summed E-state index contributed by atoms with van der Waals surface area (Å²) in [5, 5.41) is 5.02. The molecule has 0 saturated heterocycles. The molecule has 2 aromatic heterocycles. The first-order valence-electron chi connectivity index (χ1n) is 8.09. The lowest BCUT2D eigenvalue weighted by Crippen LogP contribution is -2.15. The van der Waals surface area contributed by atoms with E-state index in [1.54, 1.807) is 54.7 Å². The van der Waals surface area contributed by atoms with Crippen LogP contribution in [0.1, 0.15) is 5.56 Å². The van der Waals surface area contributed by atoms with Crippen LogP contribution in [0, 0.1) is 6.92 Å². The Morgan fingerprint density at radius 1 is 1.07 bits per heavy atom. The van der Waals surface area contributed by atoms with Gasteiger partial charge in [-0.05, 0) is 53.2 Å². The summed E-state index contributed by atoms with van der Waals surface area (Å²) in [6.07, 6.45) is 1.55. The molecule has 4 rings (SSSR count). The minimum absolute atomic E-state index is 0.154. The highest BCUT2D eigenvalue weighted by molar-refractivity contribution is 9.10. The molecule has 0 bridgehead atoms. The molecule has 6 nitrogen and oxygen atoms in total. The van der Waals surface area contributed by atoms with Gasteiger partial charge in [0.25, 0.3) is 10.0 Å². The number of rotatable bonds is 3. The molecule has 2 N–H and O–H groups in total. The first kappa shape index (κ1) is 17.7. The summed E-state index contributed by atoms with van der Waals surface area (Å²) < 4.78 is 28.1. The van der Waals surface area contributed by atoms with Crippen molar-refractivity contribution in [3.63, 3.8) is 0 Å². The van der Waals surface area contributed by atoms with Crippen LogP contribution in [-0.4, -0.2) is 22.6 Å². The van der Waals surface area contributed by atoms with Crippen molar-refractivity contribution in [2.45, 2.75) is 11.8 Å². The van der Waals surface area contributed by atoms with Gasteiger partial charge in [0.15, 0.2) is 5.65 Å². The van der Waals surface area contributed by atoms with E-state index in [1.807, 2.05) is 13.0 Å². The number of aromatic nitrogens is 3. The van der Waals surface area contributed by atoms with Crippen LogP contribution in [0.5, 0.6) is 0 Å². The highest BCUT2D eigenvalue weighted by atomic mass is 79.9. The lowest BCUT2D eigenvalue weighted by molar-refractivity contribution is 0.582. The average molecular weight is 443 g/mol. The van der Waals surface area contributed by atoms with Gasteiger partial charge in [-0.15, -0.1) is 4.09 Å². The maximum absolute atomic E-state index is 13.2. The monoisotopic (exact) mass is 442 g/mol. The number of pyridine rings is 1. The summed E-state index contributed by atoms with van der Waals surface area (Å²) in [6.45, 7) is 1.90. The molecule has 0 aliphatic rings. The summed E-state index contributed by atoms with van der Waals surface area (Å²) in [5.74, 6) is 0. The molecule has 2 aromatic carbocycles. The fourth-order valence-corrected chi connectivity index (χ4v) is 4.40. The van der Waals surface area contributed by atoms with Gasteiger partial charge in [-0.1, -0.05) is 29.8 Å². The first-order chi connectivity index (χ1) is 12.9. The van der Waals surface area contributed by atoms with E-state index < -0.39 is 10.0 Å². The summed E-state index contributed by atoms with van der Waals surface area (Å²) in [6, 6.07) is 15.6. The molecule has 136 valence electrons. The summed E-state index contributed by atoms with van der Waals surface area (Å²) in [7, 11) is -3.90. The van der Waals surface area contributed by atoms with Crippen LogP contribution >= 0.6 is 15.9 Å². The van der Waals surface area contributed by atoms with Gasteiger partial charge in [0.1, 0.15) is 5.69 Å². The maximum Gasteiger partial charge on any atom is 0.284 e. The molecular formula is C19H15BrN4O2S. The van der Waals surface area contributed by atoms with Crippen molar-refractivity contribution in [1.82, 2.24) is 14.2 Å². The summed E-state index contributed by atoms with van der Waals surface area (Å²) in [4.78, 5) is 4.46. The lowest BCUT2D eigenvalue weighted by Gasteiger charge is -2.05. The van der Waals surface area contributed by atoms with Gasteiger partial charge < -0.3 is 5.73 Å². The maximum atomic E-state index is 13.2. The lowest BCUT2D eigenvalue weighted by atomic mass is 10.1. The number of benzene rings is 2. The summed E-state index contributed by atoms with van der Waals surface area (Å²) >= 11 is 3.39. The van der Waals surface area contributed by atoms with Gasteiger partial charge >= 0.3 is 0 Å². The van der Waals surface area contributed by atoms with Gasteiger partial charge in [-0.25, -0.2) is 4.98 Å². The second kappa shape index (κ2) is 6.47. The Morgan fingerprint density at radius 2 is 1.81 bits per heavy atom. The van der Waals surface area contributed by atoms with Crippen molar-refractivity contribution in [2.24, 2.45) is 0 Å². The highest BCUT2D eigenvalue weighted by Crippen LogP contribution is 2.31. The zero-order chi connectivity index (χ0) is 19.2. The van der Waals surface area contributed by atoms with Crippen LogP contribution in [0.15, 0.2) is 70.2 Å². The predicted octanol–water partition coefficient (Wildman–Crippen LogP) is 3.99. The number of hydrogen-bond donors (Lipinski definition) is 1. The third-order valence-corrected chi connectivity index (χ3v) is 6.18. The normalized spacial score (nSPS) is 11.8. The number of anilines is 1. The highest BCUT2D eigenvalue weighted by Gasteiger charge is 2.24. The van der Waals surface area contributed by atoms with Crippen molar-refractivity contribution in [3.8, 4) is 11.3 Å². The van der Waals surface area contributed by atoms with E-state index in [1.165, 1.54) is 0 Å². The van der Waals surface area contributed by atoms with Crippen LogP contribution < -0.4 is 5.73 Å². The van der Waals surface area contributed by atoms with Gasteiger partial charge in [-0.3, -0.25) is 0 Å². The van der Waals surface area contributed by atoms with Crippen molar-refractivity contribution < 1.29 is 8.42 Å². The molecule has 0 unspecified atom stereocenters. The van der Waals surface area contributed by atoms with E-state index in [-0.39, 0.29) is 10.5 Å². The van der Waals surface area contributed by atoms with Crippen LogP contribution in [0.4, 0.5) is 5.69 Å².